The summed E-state index contributed by atoms with van der Waals surface area (Å²) < 4.78 is 0. The molecule has 1 aromatic carbocycles. The molecule has 1 amide bonds. The Labute approximate surface area is 118 Å². The summed E-state index contributed by atoms with van der Waals surface area (Å²) in [7, 11) is 1.80. The Morgan fingerprint density at radius 1 is 1.37 bits per heavy atom. The van der Waals surface area contributed by atoms with Crippen molar-refractivity contribution in [3.05, 3.63) is 34.2 Å². The minimum absolute atomic E-state index is 0.0652. The first-order chi connectivity index (χ1) is 8.79. The average molecular weight is 277 g/mol. The number of amides is 1. The molecule has 1 saturated heterocycles. The normalized spacial score (nSPS) is 18.4. The average Bonchev–Trinajstić information content (AvgIpc) is 2.62. The molecule has 4 heteroatoms. The van der Waals surface area contributed by atoms with Crippen LogP contribution in [0.5, 0.6) is 5.75 Å². The Balaban J connectivity index is 2.38. The molecule has 2 rings (SSSR count). The van der Waals surface area contributed by atoms with E-state index in [1.807, 2.05) is 18.2 Å². The number of likely N-dealkylation sites (N-methyl/N-ethyl adjacent to an activating group) is 1. The third kappa shape index (κ3) is 2.95. The van der Waals surface area contributed by atoms with Crippen LogP contribution in [0.25, 0.3) is 6.08 Å². The first kappa shape index (κ1) is 14.0. The van der Waals surface area contributed by atoms with Crippen LogP contribution in [0.4, 0.5) is 0 Å². The van der Waals surface area contributed by atoms with Gasteiger partial charge in [-0.2, -0.15) is 0 Å². The number of thioether (sulfide) groups is 1. The van der Waals surface area contributed by atoms with E-state index in [9.17, 15) is 9.90 Å². The van der Waals surface area contributed by atoms with Gasteiger partial charge >= 0.3 is 0 Å². The van der Waals surface area contributed by atoms with Crippen LogP contribution >= 0.6 is 11.8 Å². The first-order valence-electron chi connectivity index (χ1n) is 6.22. The highest BCUT2D eigenvalue weighted by atomic mass is 32.2. The molecule has 0 bridgehead atoms. The number of rotatable bonds is 1. The van der Waals surface area contributed by atoms with E-state index in [1.165, 1.54) is 0 Å². The summed E-state index contributed by atoms with van der Waals surface area (Å²) in [4.78, 5) is 14.3. The predicted molar refractivity (Wildman–Crippen MR) is 80.0 cm³/mol. The van der Waals surface area contributed by atoms with Gasteiger partial charge in [0.1, 0.15) is 5.75 Å². The standard InChI is InChI=1S/C15H19NO2S/c1-15(2,3)11-7-10(5-6-12(11)17)8-13-14(18)16(4)9-19-13/h5-8,17H,9H2,1-4H3/b13-8-. The summed E-state index contributed by atoms with van der Waals surface area (Å²) in [5.41, 5.74) is 1.72. The van der Waals surface area contributed by atoms with Gasteiger partial charge in [-0.25, -0.2) is 0 Å². The number of phenols is 1. The van der Waals surface area contributed by atoms with Crippen molar-refractivity contribution in [2.45, 2.75) is 26.2 Å². The zero-order valence-corrected chi connectivity index (χ0v) is 12.5. The van der Waals surface area contributed by atoms with E-state index in [-0.39, 0.29) is 11.3 Å². The fraction of sp³-hybridized carbons (Fsp3) is 0.400. The predicted octanol–water partition coefficient (Wildman–Crippen LogP) is 3.19. The zero-order valence-electron chi connectivity index (χ0n) is 11.7. The summed E-state index contributed by atoms with van der Waals surface area (Å²) in [6, 6.07) is 5.49. The molecule has 0 aromatic heterocycles. The Morgan fingerprint density at radius 3 is 2.58 bits per heavy atom. The van der Waals surface area contributed by atoms with Crippen molar-refractivity contribution in [1.29, 1.82) is 0 Å². The number of hydrogen-bond donors (Lipinski definition) is 1. The van der Waals surface area contributed by atoms with Crippen molar-refractivity contribution in [3.8, 4) is 5.75 Å². The molecule has 1 aliphatic heterocycles. The summed E-state index contributed by atoms with van der Waals surface area (Å²) in [6.07, 6.45) is 1.89. The molecule has 0 radical (unpaired) electrons. The number of carbonyl (C=O) groups excluding carboxylic acids is 1. The van der Waals surface area contributed by atoms with Crippen molar-refractivity contribution >= 4 is 23.7 Å². The van der Waals surface area contributed by atoms with Gasteiger partial charge < -0.3 is 10.0 Å². The molecule has 0 spiro atoms. The van der Waals surface area contributed by atoms with Crippen LogP contribution in [-0.4, -0.2) is 28.8 Å². The second-order valence-electron chi connectivity index (χ2n) is 5.81. The second kappa shape index (κ2) is 4.93. The van der Waals surface area contributed by atoms with Crippen LogP contribution in [0.2, 0.25) is 0 Å². The lowest BCUT2D eigenvalue weighted by atomic mass is 9.85. The van der Waals surface area contributed by atoms with Gasteiger partial charge in [0.05, 0.1) is 10.8 Å². The number of hydrogen-bond acceptors (Lipinski definition) is 3. The third-order valence-corrected chi connectivity index (χ3v) is 4.22. The third-order valence-electron chi connectivity index (χ3n) is 3.10. The van der Waals surface area contributed by atoms with E-state index in [4.69, 9.17) is 0 Å². The maximum Gasteiger partial charge on any atom is 0.260 e. The van der Waals surface area contributed by atoms with Gasteiger partial charge in [-0.05, 0) is 34.8 Å². The van der Waals surface area contributed by atoms with Crippen LogP contribution < -0.4 is 0 Å². The second-order valence-corrected chi connectivity index (χ2v) is 6.80. The van der Waals surface area contributed by atoms with E-state index in [0.717, 1.165) is 16.0 Å². The van der Waals surface area contributed by atoms with E-state index >= 15 is 0 Å². The fourth-order valence-electron chi connectivity index (χ4n) is 1.97. The summed E-state index contributed by atoms with van der Waals surface area (Å²) in [5.74, 6) is 1.07. The van der Waals surface area contributed by atoms with Gasteiger partial charge in [0, 0.05) is 7.05 Å². The van der Waals surface area contributed by atoms with Crippen molar-refractivity contribution in [3.63, 3.8) is 0 Å². The monoisotopic (exact) mass is 277 g/mol. The topological polar surface area (TPSA) is 40.5 Å². The Morgan fingerprint density at radius 2 is 2.05 bits per heavy atom. The smallest absolute Gasteiger partial charge is 0.260 e. The van der Waals surface area contributed by atoms with E-state index in [0.29, 0.717) is 11.6 Å². The highest BCUT2D eigenvalue weighted by Crippen LogP contribution is 2.33. The molecule has 0 atom stereocenters. The number of nitrogens with zero attached hydrogens (tertiary/aromatic N) is 1. The molecular formula is C15H19NO2S. The maximum atomic E-state index is 11.8. The van der Waals surface area contributed by atoms with E-state index in [1.54, 1.807) is 29.8 Å². The van der Waals surface area contributed by atoms with E-state index in [2.05, 4.69) is 20.8 Å². The minimum atomic E-state index is -0.123. The summed E-state index contributed by atoms with van der Waals surface area (Å²) in [5, 5.41) is 9.92. The van der Waals surface area contributed by atoms with Gasteiger partial charge in [-0.3, -0.25) is 4.79 Å². The quantitative estimate of drug-likeness (QED) is 0.801. The number of phenolic OH excluding ortho intramolecular Hbond substituents is 1. The van der Waals surface area contributed by atoms with Crippen LogP contribution in [0.3, 0.4) is 0 Å². The Kier molecular flexibility index (Phi) is 3.63. The highest BCUT2D eigenvalue weighted by Gasteiger charge is 2.23. The van der Waals surface area contributed by atoms with Crippen LogP contribution in [0.15, 0.2) is 23.1 Å². The fourth-order valence-corrected chi connectivity index (χ4v) is 2.92. The molecule has 1 N–H and O–H groups in total. The van der Waals surface area contributed by atoms with Crippen molar-refractivity contribution in [2.75, 3.05) is 12.9 Å². The molecule has 102 valence electrons. The molecule has 19 heavy (non-hydrogen) atoms. The van der Waals surface area contributed by atoms with Gasteiger partial charge in [0.15, 0.2) is 0 Å². The number of aromatic hydroxyl groups is 1. The van der Waals surface area contributed by atoms with Crippen LogP contribution in [-0.2, 0) is 10.2 Å². The Bertz CT molecular complexity index is 544. The van der Waals surface area contributed by atoms with Crippen LogP contribution in [0, 0.1) is 0 Å². The zero-order chi connectivity index (χ0) is 14.2. The lowest BCUT2D eigenvalue weighted by Gasteiger charge is -2.20. The van der Waals surface area contributed by atoms with Gasteiger partial charge in [-0.1, -0.05) is 38.6 Å². The number of carbonyl (C=O) groups is 1. The Hall–Kier alpha value is -1.42. The molecule has 1 heterocycles. The lowest BCUT2D eigenvalue weighted by Crippen LogP contribution is -2.18. The molecular weight excluding hydrogens is 258 g/mol. The van der Waals surface area contributed by atoms with Crippen molar-refractivity contribution < 1.29 is 9.90 Å². The molecule has 0 unspecified atom stereocenters. The molecule has 1 aromatic rings. The SMILES string of the molecule is CN1CS/C(=C\c2ccc(O)c(C(C)(C)C)c2)C1=O. The largest absolute Gasteiger partial charge is 0.508 e. The molecule has 0 saturated carbocycles. The minimum Gasteiger partial charge on any atom is -0.508 e. The highest BCUT2D eigenvalue weighted by molar-refractivity contribution is 8.04. The van der Waals surface area contributed by atoms with E-state index < -0.39 is 0 Å². The van der Waals surface area contributed by atoms with Crippen molar-refractivity contribution in [1.82, 2.24) is 4.90 Å². The summed E-state index contributed by atoms with van der Waals surface area (Å²) >= 11 is 1.55. The lowest BCUT2D eigenvalue weighted by molar-refractivity contribution is -0.123. The number of benzene rings is 1. The van der Waals surface area contributed by atoms with Gasteiger partial charge in [0.25, 0.3) is 5.91 Å². The molecule has 1 fully saturated rings. The molecule has 3 nitrogen and oxygen atoms in total. The maximum absolute atomic E-state index is 11.8. The van der Waals surface area contributed by atoms with Gasteiger partial charge in [0.2, 0.25) is 0 Å². The van der Waals surface area contributed by atoms with Crippen LogP contribution in [0.1, 0.15) is 31.9 Å². The first-order valence-corrected chi connectivity index (χ1v) is 7.21. The van der Waals surface area contributed by atoms with Crippen molar-refractivity contribution in [2.24, 2.45) is 0 Å². The van der Waals surface area contributed by atoms with Gasteiger partial charge in [-0.15, -0.1) is 0 Å². The summed E-state index contributed by atoms with van der Waals surface area (Å²) in [6.45, 7) is 6.17. The molecule has 1 aliphatic rings. The molecule has 0 aliphatic carbocycles.